The van der Waals surface area contributed by atoms with Gasteiger partial charge < -0.3 is 10.2 Å². The molecule has 1 aliphatic rings. The largest absolute Gasteiger partial charge is 0.342 e. The molecule has 1 N–H and O–H groups in total. The van der Waals surface area contributed by atoms with Crippen LogP contribution in [0.5, 0.6) is 0 Å². The van der Waals surface area contributed by atoms with Gasteiger partial charge in [0, 0.05) is 31.9 Å². The zero-order valence-corrected chi connectivity index (χ0v) is 14.3. The van der Waals surface area contributed by atoms with E-state index >= 15 is 0 Å². The fourth-order valence-electron chi connectivity index (χ4n) is 3.40. The van der Waals surface area contributed by atoms with E-state index in [4.69, 9.17) is 0 Å². The summed E-state index contributed by atoms with van der Waals surface area (Å²) in [6.45, 7) is 1.23. The van der Waals surface area contributed by atoms with E-state index in [1.807, 2.05) is 47.4 Å². The molecule has 132 valence electrons. The topological polar surface area (TPSA) is 66.7 Å². The van der Waals surface area contributed by atoms with Crippen LogP contribution >= 0.6 is 0 Å². The third kappa shape index (κ3) is 3.18. The lowest BCUT2D eigenvalue weighted by Gasteiger charge is -2.25. The van der Waals surface area contributed by atoms with Crippen molar-refractivity contribution in [1.29, 1.82) is 0 Å². The summed E-state index contributed by atoms with van der Waals surface area (Å²) in [6.07, 6.45) is 4.90. The third-order valence-electron chi connectivity index (χ3n) is 4.74. The van der Waals surface area contributed by atoms with Crippen molar-refractivity contribution in [2.45, 2.75) is 18.9 Å². The van der Waals surface area contributed by atoms with Gasteiger partial charge in [-0.25, -0.2) is 4.98 Å². The maximum atomic E-state index is 12.9. The van der Waals surface area contributed by atoms with E-state index in [0.717, 1.165) is 24.2 Å². The molecule has 1 atom stereocenters. The van der Waals surface area contributed by atoms with Crippen LogP contribution < -0.4 is 5.32 Å². The Bertz CT molecular complexity index is 935. The van der Waals surface area contributed by atoms with E-state index in [1.54, 1.807) is 22.9 Å². The molecule has 2 aromatic heterocycles. The molecule has 3 aromatic rings. The summed E-state index contributed by atoms with van der Waals surface area (Å²) in [5.74, 6) is -0.0361. The van der Waals surface area contributed by atoms with Gasteiger partial charge in [-0.2, -0.15) is 0 Å². The number of aromatic nitrogens is 2. The van der Waals surface area contributed by atoms with Crippen molar-refractivity contribution < 1.29 is 9.59 Å². The maximum absolute atomic E-state index is 12.9. The minimum Gasteiger partial charge on any atom is -0.342 e. The molecular weight excluding hydrogens is 328 g/mol. The van der Waals surface area contributed by atoms with Crippen molar-refractivity contribution in [3.05, 3.63) is 72.2 Å². The second kappa shape index (κ2) is 7.00. The van der Waals surface area contributed by atoms with Gasteiger partial charge in [0.2, 0.25) is 5.91 Å². The monoisotopic (exact) mass is 348 g/mol. The molecule has 0 bridgehead atoms. The zero-order valence-electron chi connectivity index (χ0n) is 14.3. The Morgan fingerprint density at radius 1 is 1.15 bits per heavy atom. The highest BCUT2D eigenvalue weighted by atomic mass is 16.2. The Kier molecular flexibility index (Phi) is 4.39. The first kappa shape index (κ1) is 16.3. The Morgan fingerprint density at radius 3 is 2.77 bits per heavy atom. The number of nitrogens with zero attached hydrogens (tertiary/aromatic N) is 3. The van der Waals surface area contributed by atoms with Crippen LogP contribution in [0.1, 0.15) is 34.9 Å². The number of hydrogen-bond donors (Lipinski definition) is 1. The smallest absolute Gasteiger partial charge is 0.268 e. The highest BCUT2D eigenvalue weighted by molar-refractivity contribution is 5.93. The van der Waals surface area contributed by atoms with E-state index in [1.165, 1.54) is 0 Å². The molecule has 1 aromatic carbocycles. The minimum atomic E-state index is -0.260. The van der Waals surface area contributed by atoms with Gasteiger partial charge >= 0.3 is 0 Å². The zero-order chi connectivity index (χ0) is 17.9. The Hall–Kier alpha value is -3.15. The highest BCUT2D eigenvalue weighted by Gasteiger charge is 2.26. The van der Waals surface area contributed by atoms with Crippen molar-refractivity contribution in [3.63, 3.8) is 0 Å². The molecule has 1 unspecified atom stereocenters. The molecule has 4 rings (SSSR count). The molecule has 0 saturated carbocycles. The van der Waals surface area contributed by atoms with Gasteiger partial charge in [0.05, 0.1) is 6.04 Å². The Labute approximate surface area is 151 Å². The SMILES string of the molecule is O=C(NC(CN1CCCC1=O)c1ccccc1)c1cccc2nccn12. The quantitative estimate of drug-likeness (QED) is 0.770. The molecule has 1 fully saturated rings. The Morgan fingerprint density at radius 2 is 2.00 bits per heavy atom. The van der Waals surface area contributed by atoms with Crippen molar-refractivity contribution in [2.24, 2.45) is 0 Å². The van der Waals surface area contributed by atoms with Crippen LogP contribution in [-0.4, -0.2) is 39.2 Å². The molecule has 1 aliphatic heterocycles. The first-order valence-corrected chi connectivity index (χ1v) is 8.78. The summed E-state index contributed by atoms with van der Waals surface area (Å²) in [7, 11) is 0. The summed E-state index contributed by atoms with van der Waals surface area (Å²) in [5, 5.41) is 3.10. The lowest BCUT2D eigenvalue weighted by molar-refractivity contribution is -0.128. The van der Waals surface area contributed by atoms with E-state index in [9.17, 15) is 9.59 Å². The number of benzene rings is 1. The first-order valence-electron chi connectivity index (χ1n) is 8.78. The molecular formula is C20H20N4O2. The summed E-state index contributed by atoms with van der Waals surface area (Å²) in [4.78, 5) is 31.0. The molecule has 3 heterocycles. The number of likely N-dealkylation sites (tertiary alicyclic amines) is 1. The van der Waals surface area contributed by atoms with E-state index in [2.05, 4.69) is 10.3 Å². The van der Waals surface area contributed by atoms with Gasteiger partial charge in [0.25, 0.3) is 5.91 Å². The fourth-order valence-corrected chi connectivity index (χ4v) is 3.40. The minimum absolute atomic E-state index is 0.150. The van der Waals surface area contributed by atoms with Crippen molar-refractivity contribution in [3.8, 4) is 0 Å². The number of hydrogen-bond acceptors (Lipinski definition) is 3. The Balaban J connectivity index is 1.60. The highest BCUT2D eigenvalue weighted by Crippen LogP contribution is 2.19. The summed E-state index contributed by atoms with van der Waals surface area (Å²) in [6, 6.07) is 15.0. The normalized spacial score (nSPS) is 15.4. The molecule has 0 aliphatic carbocycles. The summed E-state index contributed by atoms with van der Waals surface area (Å²) < 4.78 is 1.76. The van der Waals surface area contributed by atoms with Gasteiger partial charge in [-0.1, -0.05) is 36.4 Å². The van der Waals surface area contributed by atoms with Crippen LogP contribution in [0, 0.1) is 0 Å². The van der Waals surface area contributed by atoms with Crippen LogP contribution in [0.15, 0.2) is 60.9 Å². The number of rotatable bonds is 5. The predicted octanol–water partition coefficient (Wildman–Crippen LogP) is 2.43. The van der Waals surface area contributed by atoms with Gasteiger partial charge in [-0.3, -0.25) is 14.0 Å². The van der Waals surface area contributed by atoms with Crippen LogP contribution in [-0.2, 0) is 4.79 Å². The summed E-state index contributed by atoms with van der Waals surface area (Å²) >= 11 is 0. The van der Waals surface area contributed by atoms with Crippen LogP contribution in [0.2, 0.25) is 0 Å². The number of pyridine rings is 1. The van der Waals surface area contributed by atoms with Crippen molar-refractivity contribution >= 4 is 17.5 Å². The lowest BCUT2D eigenvalue weighted by Crippen LogP contribution is -2.39. The van der Waals surface area contributed by atoms with Crippen molar-refractivity contribution in [2.75, 3.05) is 13.1 Å². The standard InChI is InChI=1S/C20H20N4O2/c25-19-10-5-12-23(19)14-16(15-6-2-1-3-7-15)22-20(26)17-8-4-9-18-21-11-13-24(17)18/h1-4,6-9,11,13,16H,5,10,12,14H2,(H,22,26). The summed E-state index contributed by atoms with van der Waals surface area (Å²) in [5.41, 5.74) is 2.23. The number of amides is 2. The van der Waals surface area contributed by atoms with Crippen molar-refractivity contribution in [1.82, 2.24) is 19.6 Å². The van der Waals surface area contributed by atoms with E-state index < -0.39 is 0 Å². The third-order valence-corrected chi connectivity index (χ3v) is 4.74. The van der Waals surface area contributed by atoms with Crippen LogP contribution in [0.4, 0.5) is 0 Å². The van der Waals surface area contributed by atoms with Crippen LogP contribution in [0.25, 0.3) is 5.65 Å². The molecule has 26 heavy (non-hydrogen) atoms. The first-order chi connectivity index (χ1) is 12.7. The maximum Gasteiger partial charge on any atom is 0.268 e. The number of fused-ring (bicyclic) bond motifs is 1. The van der Waals surface area contributed by atoms with E-state index in [-0.39, 0.29) is 17.9 Å². The number of nitrogens with one attached hydrogen (secondary N) is 1. The van der Waals surface area contributed by atoms with Gasteiger partial charge in [-0.15, -0.1) is 0 Å². The molecule has 6 heteroatoms. The lowest BCUT2D eigenvalue weighted by atomic mass is 10.1. The average molecular weight is 348 g/mol. The average Bonchev–Trinajstić information content (AvgIpc) is 3.30. The predicted molar refractivity (Wildman–Crippen MR) is 97.7 cm³/mol. The molecule has 2 amide bonds. The molecule has 6 nitrogen and oxygen atoms in total. The van der Waals surface area contributed by atoms with Gasteiger partial charge in [-0.05, 0) is 24.1 Å². The van der Waals surface area contributed by atoms with E-state index in [0.29, 0.717) is 18.7 Å². The second-order valence-electron chi connectivity index (χ2n) is 6.45. The second-order valence-corrected chi connectivity index (χ2v) is 6.45. The number of imidazole rings is 1. The van der Waals surface area contributed by atoms with Gasteiger partial charge in [0.15, 0.2) is 0 Å². The number of carbonyl (C=O) groups is 2. The van der Waals surface area contributed by atoms with Gasteiger partial charge in [0.1, 0.15) is 11.3 Å². The molecule has 0 radical (unpaired) electrons. The molecule has 0 spiro atoms. The number of carbonyl (C=O) groups excluding carboxylic acids is 2. The molecule has 1 saturated heterocycles. The van der Waals surface area contributed by atoms with Crippen LogP contribution in [0.3, 0.4) is 0 Å². The fraction of sp³-hybridized carbons (Fsp3) is 0.250.